The lowest BCUT2D eigenvalue weighted by atomic mass is 10.0. The average Bonchev–Trinajstić information content (AvgIpc) is 2.64. The Hall–Kier alpha value is -2.82. The molecule has 27 heavy (non-hydrogen) atoms. The molecule has 5 heteroatoms. The molecular weight excluding hydrogens is 342 g/mol. The molecule has 0 atom stereocenters. The summed E-state index contributed by atoms with van der Waals surface area (Å²) in [4.78, 5) is 24.5. The highest BCUT2D eigenvalue weighted by Crippen LogP contribution is 2.30. The zero-order chi connectivity index (χ0) is 19.8. The van der Waals surface area contributed by atoms with E-state index >= 15 is 0 Å². The first-order valence-corrected chi connectivity index (χ1v) is 9.24. The first kappa shape index (κ1) is 20.5. The van der Waals surface area contributed by atoms with Crippen molar-refractivity contribution in [2.75, 3.05) is 18.5 Å². The highest BCUT2D eigenvalue weighted by atomic mass is 16.5. The smallest absolute Gasteiger partial charge is 0.224 e. The van der Waals surface area contributed by atoms with E-state index in [1.54, 1.807) is 18.2 Å². The summed E-state index contributed by atoms with van der Waals surface area (Å²) < 4.78 is 11.1. The van der Waals surface area contributed by atoms with E-state index in [1.807, 2.05) is 45.9 Å². The Morgan fingerprint density at radius 3 is 2.22 bits per heavy atom. The first-order chi connectivity index (χ1) is 12.9. The second-order valence-electron chi connectivity index (χ2n) is 6.30. The molecule has 0 fully saturated rings. The normalized spacial score (nSPS) is 10.4. The van der Waals surface area contributed by atoms with Crippen molar-refractivity contribution < 1.29 is 19.1 Å². The molecular formula is C22H27NO4. The predicted molar refractivity (Wildman–Crippen MR) is 107 cm³/mol. The molecule has 144 valence electrons. The summed E-state index contributed by atoms with van der Waals surface area (Å²) >= 11 is 0. The van der Waals surface area contributed by atoms with Gasteiger partial charge < -0.3 is 14.8 Å². The van der Waals surface area contributed by atoms with Crippen LogP contribution in [0.2, 0.25) is 0 Å². The summed E-state index contributed by atoms with van der Waals surface area (Å²) in [5, 5.41) is 2.81. The van der Waals surface area contributed by atoms with Gasteiger partial charge in [-0.05, 0) is 57.0 Å². The lowest BCUT2D eigenvalue weighted by molar-refractivity contribution is -0.116. The van der Waals surface area contributed by atoms with E-state index in [9.17, 15) is 9.59 Å². The number of carbonyl (C=O) groups excluding carboxylic acids is 2. The molecule has 2 aromatic carbocycles. The van der Waals surface area contributed by atoms with E-state index in [0.717, 1.165) is 11.1 Å². The summed E-state index contributed by atoms with van der Waals surface area (Å²) in [5.41, 5.74) is 3.48. The number of amides is 1. The highest BCUT2D eigenvalue weighted by Gasteiger charge is 2.12. The van der Waals surface area contributed by atoms with E-state index in [-0.39, 0.29) is 24.5 Å². The largest absolute Gasteiger partial charge is 0.490 e. The van der Waals surface area contributed by atoms with E-state index in [2.05, 4.69) is 5.32 Å². The first-order valence-electron chi connectivity index (χ1n) is 9.24. The minimum atomic E-state index is -0.209. The van der Waals surface area contributed by atoms with Gasteiger partial charge in [0.2, 0.25) is 5.91 Å². The third-order valence-electron chi connectivity index (χ3n) is 4.24. The van der Waals surface area contributed by atoms with Crippen LogP contribution in [0, 0.1) is 13.8 Å². The molecule has 0 aromatic heterocycles. The number of nitrogens with one attached hydrogen (secondary N) is 1. The van der Waals surface area contributed by atoms with Gasteiger partial charge in [-0.25, -0.2) is 0 Å². The van der Waals surface area contributed by atoms with Crippen LogP contribution in [-0.4, -0.2) is 24.9 Å². The number of aryl methyl sites for hydroxylation is 2. The molecule has 2 aromatic rings. The number of hydrogen-bond acceptors (Lipinski definition) is 4. The summed E-state index contributed by atoms with van der Waals surface area (Å²) in [5.74, 6) is 0.986. The summed E-state index contributed by atoms with van der Waals surface area (Å²) in [6.45, 7) is 8.80. The molecule has 2 rings (SSSR count). The maximum Gasteiger partial charge on any atom is 0.224 e. The van der Waals surface area contributed by atoms with Crippen molar-refractivity contribution in [3.8, 4) is 11.5 Å². The lowest BCUT2D eigenvalue weighted by Gasteiger charge is -2.13. The van der Waals surface area contributed by atoms with E-state index in [4.69, 9.17) is 9.47 Å². The molecule has 0 aliphatic heterocycles. The number of hydrogen-bond donors (Lipinski definition) is 1. The molecule has 0 aliphatic rings. The zero-order valence-corrected chi connectivity index (χ0v) is 16.4. The van der Waals surface area contributed by atoms with Crippen LogP contribution in [-0.2, 0) is 4.79 Å². The van der Waals surface area contributed by atoms with Crippen LogP contribution in [0.5, 0.6) is 11.5 Å². The molecule has 0 saturated carbocycles. The average molecular weight is 369 g/mol. The summed E-state index contributed by atoms with van der Waals surface area (Å²) in [6, 6.07) is 10.9. The number of rotatable bonds is 9. The quantitative estimate of drug-likeness (QED) is 0.651. The van der Waals surface area contributed by atoms with Gasteiger partial charge in [0.05, 0.1) is 13.2 Å². The van der Waals surface area contributed by atoms with E-state index in [0.29, 0.717) is 36.0 Å². The van der Waals surface area contributed by atoms with Gasteiger partial charge >= 0.3 is 0 Å². The molecule has 0 unspecified atom stereocenters. The van der Waals surface area contributed by atoms with Gasteiger partial charge in [-0.1, -0.05) is 12.1 Å². The maximum atomic E-state index is 12.3. The van der Waals surface area contributed by atoms with Crippen LogP contribution in [0.4, 0.5) is 5.69 Å². The third-order valence-corrected chi connectivity index (χ3v) is 4.24. The van der Waals surface area contributed by atoms with Crippen LogP contribution in [0.3, 0.4) is 0 Å². The van der Waals surface area contributed by atoms with Gasteiger partial charge in [0.25, 0.3) is 0 Å². The molecule has 0 radical (unpaired) electrons. The monoisotopic (exact) mass is 369 g/mol. The standard InChI is InChI=1S/C22H27NO4/c1-5-26-20-11-9-18(14-21(20)27-6-2)23-22(25)12-10-19(24)17-8-7-15(3)16(4)13-17/h7-9,11,13-14H,5-6,10,12H2,1-4H3,(H,23,25). The van der Waals surface area contributed by atoms with E-state index in [1.165, 1.54) is 0 Å². The van der Waals surface area contributed by atoms with Crippen LogP contribution < -0.4 is 14.8 Å². The van der Waals surface area contributed by atoms with Crippen molar-refractivity contribution in [2.24, 2.45) is 0 Å². The van der Waals surface area contributed by atoms with Crippen LogP contribution >= 0.6 is 0 Å². The molecule has 0 saturated heterocycles. The summed E-state index contributed by atoms with van der Waals surface area (Å²) in [7, 11) is 0. The number of carbonyl (C=O) groups is 2. The van der Waals surface area contributed by atoms with Gasteiger partial charge in [0.15, 0.2) is 17.3 Å². The Morgan fingerprint density at radius 2 is 1.56 bits per heavy atom. The third kappa shape index (κ3) is 5.84. The Bertz CT molecular complexity index is 814. The molecule has 0 heterocycles. The molecule has 0 aliphatic carbocycles. The molecule has 5 nitrogen and oxygen atoms in total. The lowest BCUT2D eigenvalue weighted by Crippen LogP contribution is -2.14. The molecule has 0 bridgehead atoms. The minimum Gasteiger partial charge on any atom is -0.490 e. The fourth-order valence-electron chi connectivity index (χ4n) is 2.64. The van der Waals surface area contributed by atoms with Gasteiger partial charge in [-0.3, -0.25) is 9.59 Å². The number of anilines is 1. The number of ketones is 1. The zero-order valence-electron chi connectivity index (χ0n) is 16.4. The van der Waals surface area contributed by atoms with Gasteiger partial charge in [-0.15, -0.1) is 0 Å². The number of ether oxygens (including phenoxy) is 2. The predicted octanol–water partition coefficient (Wildman–Crippen LogP) is 4.70. The second-order valence-corrected chi connectivity index (χ2v) is 6.30. The minimum absolute atomic E-state index is 0.0325. The number of benzene rings is 2. The van der Waals surface area contributed by atoms with Crippen molar-refractivity contribution in [3.63, 3.8) is 0 Å². The van der Waals surface area contributed by atoms with Crippen LogP contribution in [0.25, 0.3) is 0 Å². The molecule has 1 amide bonds. The van der Waals surface area contributed by atoms with Crippen LogP contribution in [0.15, 0.2) is 36.4 Å². The van der Waals surface area contributed by atoms with Gasteiger partial charge in [0.1, 0.15) is 0 Å². The SMILES string of the molecule is CCOc1ccc(NC(=O)CCC(=O)c2ccc(C)c(C)c2)cc1OCC. The Labute approximate surface area is 160 Å². The summed E-state index contributed by atoms with van der Waals surface area (Å²) in [6.07, 6.45) is 0.298. The Morgan fingerprint density at radius 1 is 0.852 bits per heavy atom. The highest BCUT2D eigenvalue weighted by molar-refractivity contribution is 6.00. The van der Waals surface area contributed by atoms with Crippen LogP contribution in [0.1, 0.15) is 48.2 Å². The Balaban J connectivity index is 1.95. The van der Waals surface area contributed by atoms with Crippen molar-refractivity contribution >= 4 is 17.4 Å². The van der Waals surface area contributed by atoms with Crippen molar-refractivity contribution in [1.29, 1.82) is 0 Å². The maximum absolute atomic E-state index is 12.3. The van der Waals surface area contributed by atoms with Crippen molar-refractivity contribution in [1.82, 2.24) is 0 Å². The number of Topliss-reactive ketones (excluding diaryl/α,β-unsaturated/α-hetero) is 1. The Kier molecular flexibility index (Phi) is 7.41. The fraction of sp³-hybridized carbons (Fsp3) is 0.364. The molecule has 0 spiro atoms. The fourth-order valence-corrected chi connectivity index (χ4v) is 2.64. The van der Waals surface area contributed by atoms with E-state index < -0.39 is 0 Å². The van der Waals surface area contributed by atoms with Crippen molar-refractivity contribution in [3.05, 3.63) is 53.1 Å². The molecule has 1 N–H and O–H groups in total. The van der Waals surface area contributed by atoms with Gasteiger partial charge in [0, 0.05) is 30.2 Å². The second kappa shape index (κ2) is 9.76. The topological polar surface area (TPSA) is 64.6 Å². The van der Waals surface area contributed by atoms with Crippen molar-refractivity contribution in [2.45, 2.75) is 40.5 Å². The van der Waals surface area contributed by atoms with Gasteiger partial charge in [-0.2, -0.15) is 0 Å².